The zero-order chi connectivity index (χ0) is 19.4. The lowest BCUT2D eigenvalue weighted by atomic mass is 9.99. The third-order valence-corrected chi connectivity index (χ3v) is 7.89. The van der Waals surface area contributed by atoms with Gasteiger partial charge in [-0.15, -0.1) is 11.3 Å². The number of nitrogens with zero attached hydrogens (tertiary/aromatic N) is 2. The number of thiophene rings is 1. The zero-order valence-corrected chi connectivity index (χ0v) is 17.0. The Kier molecular flexibility index (Phi) is 6.13. The molecule has 1 atom stereocenters. The third kappa shape index (κ3) is 4.48. The second kappa shape index (κ2) is 8.37. The SMILES string of the molecule is COc1ncccc1CNC(=O)C1CCCN(S(=O)(=O)c2ccc(C)s2)C1. The molecule has 0 spiro atoms. The summed E-state index contributed by atoms with van der Waals surface area (Å²) in [6.45, 7) is 2.82. The first kappa shape index (κ1) is 19.8. The van der Waals surface area contributed by atoms with Gasteiger partial charge >= 0.3 is 0 Å². The molecule has 0 radical (unpaired) electrons. The van der Waals surface area contributed by atoms with Crippen LogP contribution in [0.15, 0.2) is 34.7 Å². The summed E-state index contributed by atoms with van der Waals surface area (Å²) in [5.41, 5.74) is 0.780. The summed E-state index contributed by atoms with van der Waals surface area (Å²) in [6.07, 6.45) is 2.96. The van der Waals surface area contributed by atoms with Crippen LogP contribution in [0.25, 0.3) is 0 Å². The molecule has 3 rings (SSSR count). The number of pyridine rings is 1. The molecular formula is C18H23N3O4S2. The Balaban J connectivity index is 1.64. The Morgan fingerprint density at radius 3 is 2.93 bits per heavy atom. The van der Waals surface area contributed by atoms with E-state index < -0.39 is 10.0 Å². The Labute approximate surface area is 163 Å². The molecule has 146 valence electrons. The minimum absolute atomic E-state index is 0.150. The molecule has 0 aromatic carbocycles. The highest BCUT2D eigenvalue weighted by Gasteiger charge is 2.34. The summed E-state index contributed by atoms with van der Waals surface area (Å²) in [5.74, 6) is -0.0425. The Morgan fingerprint density at radius 2 is 2.22 bits per heavy atom. The highest BCUT2D eigenvalue weighted by molar-refractivity contribution is 7.91. The first-order chi connectivity index (χ1) is 12.9. The van der Waals surface area contributed by atoms with E-state index in [0.717, 1.165) is 10.4 Å². The zero-order valence-electron chi connectivity index (χ0n) is 15.3. The van der Waals surface area contributed by atoms with Crippen molar-refractivity contribution in [2.45, 2.75) is 30.5 Å². The van der Waals surface area contributed by atoms with Gasteiger partial charge in [-0.1, -0.05) is 6.07 Å². The van der Waals surface area contributed by atoms with Crippen molar-refractivity contribution in [1.29, 1.82) is 0 Å². The maximum absolute atomic E-state index is 12.8. The van der Waals surface area contributed by atoms with Crippen LogP contribution in [0.1, 0.15) is 23.3 Å². The van der Waals surface area contributed by atoms with E-state index in [1.165, 1.54) is 22.8 Å². The number of nitrogens with one attached hydrogen (secondary N) is 1. The van der Waals surface area contributed by atoms with Gasteiger partial charge < -0.3 is 10.1 Å². The number of methoxy groups -OCH3 is 1. The van der Waals surface area contributed by atoms with Gasteiger partial charge in [-0.05, 0) is 38.0 Å². The van der Waals surface area contributed by atoms with E-state index >= 15 is 0 Å². The number of carbonyl (C=O) groups excluding carboxylic acids is 1. The van der Waals surface area contributed by atoms with Crippen molar-refractivity contribution in [1.82, 2.24) is 14.6 Å². The minimum Gasteiger partial charge on any atom is -0.481 e. The van der Waals surface area contributed by atoms with Gasteiger partial charge in [0.25, 0.3) is 10.0 Å². The maximum Gasteiger partial charge on any atom is 0.252 e. The molecule has 27 heavy (non-hydrogen) atoms. The fourth-order valence-electron chi connectivity index (χ4n) is 3.12. The molecule has 1 amide bonds. The monoisotopic (exact) mass is 409 g/mol. The standard InChI is InChI=1S/C18H23N3O4S2/c1-13-7-8-16(26-13)27(23,24)21-10-4-6-15(12-21)17(22)20-11-14-5-3-9-19-18(14)25-2/h3,5,7-9,15H,4,6,10-12H2,1-2H3,(H,20,22). The number of hydrogen-bond acceptors (Lipinski definition) is 6. The first-order valence-corrected chi connectivity index (χ1v) is 11.0. The number of aryl methyl sites for hydroxylation is 1. The molecule has 1 unspecified atom stereocenters. The van der Waals surface area contributed by atoms with Crippen LogP contribution in [0.4, 0.5) is 0 Å². The first-order valence-electron chi connectivity index (χ1n) is 8.74. The van der Waals surface area contributed by atoms with Crippen molar-refractivity contribution >= 4 is 27.3 Å². The highest BCUT2D eigenvalue weighted by Crippen LogP contribution is 2.28. The van der Waals surface area contributed by atoms with E-state index in [1.54, 1.807) is 24.4 Å². The molecule has 2 aromatic rings. The summed E-state index contributed by atoms with van der Waals surface area (Å²) in [4.78, 5) is 17.6. The molecule has 3 heterocycles. The van der Waals surface area contributed by atoms with Gasteiger partial charge in [-0.3, -0.25) is 4.79 Å². The lowest BCUT2D eigenvalue weighted by Gasteiger charge is -2.30. The summed E-state index contributed by atoms with van der Waals surface area (Å²) >= 11 is 1.26. The van der Waals surface area contributed by atoms with Crippen LogP contribution in [-0.2, 0) is 21.4 Å². The molecule has 1 fully saturated rings. The third-order valence-electron chi connectivity index (χ3n) is 4.56. The predicted octanol–water partition coefficient (Wildman–Crippen LogP) is 2.18. The van der Waals surface area contributed by atoms with Gasteiger partial charge in [0.2, 0.25) is 11.8 Å². The average molecular weight is 410 g/mol. The highest BCUT2D eigenvalue weighted by atomic mass is 32.2. The van der Waals surface area contributed by atoms with Gasteiger partial charge in [-0.25, -0.2) is 13.4 Å². The van der Waals surface area contributed by atoms with E-state index in [2.05, 4.69) is 10.3 Å². The fourth-order valence-corrected chi connectivity index (χ4v) is 6.08. The number of aromatic nitrogens is 1. The topological polar surface area (TPSA) is 88.6 Å². The van der Waals surface area contributed by atoms with Crippen LogP contribution < -0.4 is 10.1 Å². The number of rotatable bonds is 6. The number of hydrogen-bond donors (Lipinski definition) is 1. The molecule has 0 aliphatic carbocycles. The van der Waals surface area contributed by atoms with Gasteiger partial charge in [0.15, 0.2) is 0 Å². The van der Waals surface area contributed by atoms with Crippen molar-refractivity contribution in [3.8, 4) is 5.88 Å². The van der Waals surface area contributed by atoms with Crippen molar-refractivity contribution in [3.63, 3.8) is 0 Å². The van der Waals surface area contributed by atoms with Crippen molar-refractivity contribution in [3.05, 3.63) is 40.9 Å². The summed E-state index contributed by atoms with van der Waals surface area (Å²) in [7, 11) is -2.01. The molecule has 1 aliphatic heterocycles. The second-order valence-corrected chi connectivity index (χ2v) is 9.91. The van der Waals surface area contributed by atoms with Crippen LogP contribution in [0.2, 0.25) is 0 Å². The molecule has 7 nitrogen and oxygen atoms in total. The van der Waals surface area contributed by atoms with E-state index in [-0.39, 0.29) is 18.4 Å². The predicted molar refractivity (Wildman–Crippen MR) is 103 cm³/mol. The molecule has 2 aromatic heterocycles. The molecule has 1 N–H and O–H groups in total. The van der Waals surface area contributed by atoms with E-state index in [1.807, 2.05) is 13.0 Å². The quantitative estimate of drug-likeness (QED) is 0.790. The minimum atomic E-state index is -3.54. The maximum atomic E-state index is 12.8. The van der Waals surface area contributed by atoms with Gasteiger partial charge in [0, 0.05) is 36.3 Å². The summed E-state index contributed by atoms with van der Waals surface area (Å²) in [6, 6.07) is 7.05. The normalized spacial score (nSPS) is 18.2. The Hall–Kier alpha value is -1.97. The van der Waals surface area contributed by atoms with Gasteiger partial charge in [-0.2, -0.15) is 4.31 Å². The van der Waals surface area contributed by atoms with E-state index in [4.69, 9.17) is 4.74 Å². The number of carbonyl (C=O) groups is 1. The van der Waals surface area contributed by atoms with E-state index in [9.17, 15) is 13.2 Å². The Morgan fingerprint density at radius 1 is 1.41 bits per heavy atom. The van der Waals surface area contributed by atoms with Crippen LogP contribution in [0.5, 0.6) is 5.88 Å². The van der Waals surface area contributed by atoms with Crippen molar-refractivity contribution in [2.75, 3.05) is 20.2 Å². The average Bonchev–Trinajstić information content (AvgIpc) is 3.13. The molecule has 1 aliphatic rings. The molecule has 1 saturated heterocycles. The fraction of sp³-hybridized carbons (Fsp3) is 0.444. The number of piperidine rings is 1. The molecule has 9 heteroatoms. The molecule has 0 saturated carbocycles. The van der Waals surface area contributed by atoms with Crippen molar-refractivity contribution < 1.29 is 17.9 Å². The van der Waals surface area contributed by atoms with Crippen LogP contribution >= 0.6 is 11.3 Å². The number of amides is 1. The largest absolute Gasteiger partial charge is 0.481 e. The summed E-state index contributed by atoms with van der Waals surface area (Å²) in [5, 5.41) is 2.88. The number of sulfonamides is 1. The smallest absolute Gasteiger partial charge is 0.252 e. The lowest BCUT2D eigenvalue weighted by Crippen LogP contribution is -2.45. The number of ether oxygens (including phenoxy) is 1. The lowest BCUT2D eigenvalue weighted by molar-refractivity contribution is -0.126. The Bertz CT molecular complexity index is 911. The van der Waals surface area contributed by atoms with Crippen molar-refractivity contribution in [2.24, 2.45) is 5.92 Å². The van der Waals surface area contributed by atoms with Crippen LogP contribution in [0.3, 0.4) is 0 Å². The van der Waals surface area contributed by atoms with Crippen LogP contribution in [0, 0.1) is 12.8 Å². The molecule has 0 bridgehead atoms. The van der Waals surface area contributed by atoms with Gasteiger partial charge in [0.1, 0.15) is 4.21 Å². The summed E-state index contributed by atoms with van der Waals surface area (Å²) < 4.78 is 32.6. The van der Waals surface area contributed by atoms with E-state index in [0.29, 0.717) is 36.0 Å². The van der Waals surface area contributed by atoms with Gasteiger partial charge in [0.05, 0.1) is 13.0 Å². The van der Waals surface area contributed by atoms with Crippen LogP contribution in [-0.4, -0.2) is 43.8 Å². The second-order valence-electron chi connectivity index (χ2n) is 6.46. The molecular weight excluding hydrogens is 386 g/mol.